The first-order chi connectivity index (χ1) is 13.4. The molecule has 0 aliphatic rings. The van der Waals surface area contributed by atoms with Crippen LogP contribution in [-0.2, 0) is 19.2 Å². The summed E-state index contributed by atoms with van der Waals surface area (Å²) >= 11 is 3.91. The summed E-state index contributed by atoms with van der Waals surface area (Å²) in [6.07, 6.45) is -0.554. The topological polar surface area (TPSA) is 171 Å². The fraction of sp³-hybridized carbons (Fsp3) is 0.778. The molecule has 0 heterocycles. The summed E-state index contributed by atoms with van der Waals surface area (Å²) in [5.74, 6) is -3.92. The highest BCUT2D eigenvalue weighted by atomic mass is 32.1. The number of amides is 3. The van der Waals surface area contributed by atoms with E-state index < -0.39 is 54.0 Å². The van der Waals surface area contributed by atoms with Gasteiger partial charge in [-0.05, 0) is 18.8 Å². The Morgan fingerprint density at radius 1 is 0.931 bits per heavy atom. The molecule has 0 aromatic carbocycles. The summed E-state index contributed by atoms with van der Waals surface area (Å²) in [4.78, 5) is 48.7. The highest BCUT2D eigenvalue weighted by Gasteiger charge is 2.33. The number of rotatable bonds is 12. The van der Waals surface area contributed by atoms with Crippen LogP contribution < -0.4 is 21.7 Å². The number of carboxylic acids is 1. The van der Waals surface area contributed by atoms with Gasteiger partial charge in [-0.1, -0.05) is 34.1 Å². The molecule has 6 unspecified atom stereocenters. The van der Waals surface area contributed by atoms with Crippen molar-refractivity contribution in [2.24, 2.45) is 17.6 Å². The quantitative estimate of drug-likeness (QED) is 0.190. The number of aliphatic hydroxyl groups excluding tert-OH is 1. The van der Waals surface area contributed by atoms with Gasteiger partial charge in [0.05, 0.1) is 6.10 Å². The van der Waals surface area contributed by atoms with Crippen LogP contribution in [0.25, 0.3) is 0 Å². The van der Waals surface area contributed by atoms with E-state index in [-0.39, 0.29) is 17.6 Å². The Balaban J connectivity index is 5.42. The van der Waals surface area contributed by atoms with Crippen LogP contribution >= 0.6 is 12.6 Å². The minimum Gasteiger partial charge on any atom is -0.480 e. The minimum absolute atomic E-state index is 0.107. The van der Waals surface area contributed by atoms with Gasteiger partial charge < -0.3 is 31.9 Å². The maximum atomic E-state index is 12.8. The second-order valence-corrected chi connectivity index (χ2v) is 7.82. The standard InChI is InChI=1S/C18H34N4O6S/c1-6-9(4)14(17(26)20-11(7-29)18(27)28)22-16(25)13(8(2)3)21-15(24)12(19)10(5)23/h8-14,23,29H,6-7,19H2,1-5H3,(H,20,26)(H,21,24)(H,22,25)(H,27,28). The lowest BCUT2D eigenvalue weighted by molar-refractivity contribution is -0.142. The van der Waals surface area contributed by atoms with Crippen molar-refractivity contribution in [1.29, 1.82) is 0 Å². The van der Waals surface area contributed by atoms with Crippen molar-refractivity contribution in [3.05, 3.63) is 0 Å². The third-order valence-electron chi connectivity index (χ3n) is 4.66. The number of carbonyl (C=O) groups excluding carboxylic acids is 3. The van der Waals surface area contributed by atoms with Gasteiger partial charge in [0.25, 0.3) is 0 Å². The molecule has 29 heavy (non-hydrogen) atoms. The molecule has 0 aliphatic heterocycles. The highest BCUT2D eigenvalue weighted by Crippen LogP contribution is 2.11. The fourth-order valence-electron chi connectivity index (χ4n) is 2.40. The summed E-state index contributed by atoms with van der Waals surface area (Å²) in [5.41, 5.74) is 5.61. The van der Waals surface area contributed by atoms with Crippen molar-refractivity contribution in [3.8, 4) is 0 Å². The summed E-state index contributed by atoms with van der Waals surface area (Å²) < 4.78 is 0. The molecule has 0 saturated heterocycles. The molecule has 3 amide bonds. The van der Waals surface area contributed by atoms with E-state index in [1.54, 1.807) is 20.8 Å². The molecule has 6 atom stereocenters. The summed E-state index contributed by atoms with van der Waals surface area (Å²) in [6.45, 7) is 8.34. The molecule has 0 radical (unpaired) electrons. The van der Waals surface area contributed by atoms with Crippen molar-refractivity contribution in [2.75, 3.05) is 5.75 Å². The number of aliphatic carboxylic acids is 1. The van der Waals surface area contributed by atoms with E-state index in [9.17, 15) is 24.3 Å². The predicted molar refractivity (Wildman–Crippen MR) is 111 cm³/mol. The summed E-state index contributed by atoms with van der Waals surface area (Å²) in [7, 11) is 0. The van der Waals surface area contributed by atoms with Gasteiger partial charge in [-0.15, -0.1) is 0 Å². The number of carbonyl (C=O) groups is 4. The Morgan fingerprint density at radius 3 is 1.79 bits per heavy atom. The third-order valence-corrected chi connectivity index (χ3v) is 5.02. The van der Waals surface area contributed by atoms with Crippen molar-refractivity contribution in [2.45, 2.75) is 71.3 Å². The van der Waals surface area contributed by atoms with Crippen molar-refractivity contribution < 1.29 is 29.4 Å². The Labute approximate surface area is 176 Å². The van der Waals surface area contributed by atoms with E-state index in [1.165, 1.54) is 6.92 Å². The molecule has 0 spiro atoms. The molecule has 0 saturated carbocycles. The largest absolute Gasteiger partial charge is 0.480 e. The zero-order valence-corrected chi connectivity index (χ0v) is 18.4. The molecule has 0 rings (SSSR count). The Morgan fingerprint density at radius 2 is 1.41 bits per heavy atom. The van der Waals surface area contributed by atoms with E-state index in [1.807, 2.05) is 6.92 Å². The maximum absolute atomic E-state index is 12.8. The number of thiol groups is 1. The minimum atomic E-state index is -1.23. The van der Waals surface area contributed by atoms with Crippen LogP contribution in [0.1, 0.15) is 41.0 Å². The molecule has 0 aromatic heterocycles. The van der Waals surface area contributed by atoms with Crippen molar-refractivity contribution in [1.82, 2.24) is 16.0 Å². The van der Waals surface area contributed by atoms with E-state index in [2.05, 4.69) is 28.6 Å². The van der Waals surface area contributed by atoms with Gasteiger partial charge in [-0.25, -0.2) is 4.79 Å². The summed E-state index contributed by atoms with van der Waals surface area (Å²) in [6, 6.07) is -4.40. The zero-order chi connectivity index (χ0) is 22.9. The van der Waals surface area contributed by atoms with Crippen molar-refractivity contribution >= 4 is 36.3 Å². The van der Waals surface area contributed by atoms with Crippen LogP contribution in [-0.4, -0.2) is 69.9 Å². The smallest absolute Gasteiger partial charge is 0.327 e. The zero-order valence-electron chi connectivity index (χ0n) is 17.5. The lowest BCUT2D eigenvalue weighted by Crippen LogP contribution is -2.60. The van der Waals surface area contributed by atoms with Gasteiger partial charge in [-0.2, -0.15) is 12.6 Å². The first kappa shape index (κ1) is 27.1. The lowest BCUT2D eigenvalue weighted by atomic mass is 9.96. The molecule has 168 valence electrons. The van der Waals surface area contributed by atoms with Gasteiger partial charge in [0.1, 0.15) is 24.2 Å². The SMILES string of the molecule is CCC(C)C(NC(=O)C(NC(=O)C(N)C(C)O)C(C)C)C(=O)NC(CS)C(=O)O. The van der Waals surface area contributed by atoms with Gasteiger partial charge in [-0.3, -0.25) is 14.4 Å². The third kappa shape index (κ3) is 8.58. The van der Waals surface area contributed by atoms with E-state index in [0.29, 0.717) is 6.42 Å². The number of aliphatic hydroxyl groups is 1. The average Bonchev–Trinajstić information content (AvgIpc) is 2.65. The molecular formula is C18H34N4O6S. The van der Waals surface area contributed by atoms with Crippen LogP contribution in [0.4, 0.5) is 0 Å². The number of hydrogen-bond acceptors (Lipinski definition) is 7. The normalized spacial score (nSPS) is 17.4. The monoisotopic (exact) mass is 434 g/mol. The molecule has 11 heteroatoms. The Hall–Kier alpha value is -1.85. The second kappa shape index (κ2) is 12.7. The first-order valence-corrected chi connectivity index (χ1v) is 10.2. The molecule has 0 aromatic rings. The first-order valence-electron chi connectivity index (χ1n) is 9.55. The molecule has 7 N–H and O–H groups in total. The average molecular weight is 435 g/mol. The molecular weight excluding hydrogens is 400 g/mol. The molecule has 0 aliphatic carbocycles. The number of nitrogens with one attached hydrogen (secondary N) is 3. The van der Waals surface area contributed by atoms with Gasteiger partial charge in [0.2, 0.25) is 17.7 Å². The van der Waals surface area contributed by atoms with Crippen LogP contribution in [0.5, 0.6) is 0 Å². The van der Waals surface area contributed by atoms with Crippen LogP contribution in [0, 0.1) is 11.8 Å². The molecule has 0 bridgehead atoms. The number of carboxylic acid groups (broad SMARTS) is 1. The molecule has 0 fully saturated rings. The van der Waals surface area contributed by atoms with E-state index in [4.69, 9.17) is 10.8 Å². The van der Waals surface area contributed by atoms with E-state index in [0.717, 1.165) is 0 Å². The number of hydrogen-bond donors (Lipinski definition) is 7. The van der Waals surface area contributed by atoms with Gasteiger partial charge in [0, 0.05) is 5.75 Å². The predicted octanol–water partition coefficient (Wildman–Crippen LogP) is -1.13. The Kier molecular flexibility index (Phi) is 11.8. The van der Waals surface area contributed by atoms with Gasteiger partial charge >= 0.3 is 5.97 Å². The fourth-order valence-corrected chi connectivity index (χ4v) is 2.64. The van der Waals surface area contributed by atoms with Crippen LogP contribution in [0.15, 0.2) is 0 Å². The van der Waals surface area contributed by atoms with Crippen molar-refractivity contribution in [3.63, 3.8) is 0 Å². The highest BCUT2D eigenvalue weighted by molar-refractivity contribution is 7.80. The van der Waals surface area contributed by atoms with E-state index >= 15 is 0 Å². The number of nitrogens with two attached hydrogens (primary N) is 1. The maximum Gasteiger partial charge on any atom is 0.327 e. The Bertz CT molecular complexity index is 587. The second-order valence-electron chi connectivity index (χ2n) is 7.45. The van der Waals surface area contributed by atoms with Gasteiger partial charge in [0.15, 0.2) is 0 Å². The van der Waals surface area contributed by atoms with Crippen LogP contribution in [0.2, 0.25) is 0 Å². The summed E-state index contributed by atoms with van der Waals surface area (Å²) in [5, 5.41) is 26.0. The van der Waals surface area contributed by atoms with Crippen LogP contribution in [0.3, 0.4) is 0 Å². The lowest BCUT2D eigenvalue weighted by Gasteiger charge is -2.29. The molecule has 10 nitrogen and oxygen atoms in total.